The molecule has 5 nitrogen and oxygen atoms in total. The Bertz CT molecular complexity index is 626. The molecule has 0 saturated carbocycles. The maximum atomic E-state index is 5.59. The van der Waals surface area contributed by atoms with Crippen LogP contribution >= 0.6 is 11.8 Å². The fourth-order valence-corrected chi connectivity index (χ4v) is 6.14. The van der Waals surface area contributed by atoms with Gasteiger partial charge in [-0.1, -0.05) is 30.3 Å². The summed E-state index contributed by atoms with van der Waals surface area (Å²) in [6.45, 7) is 6.97. The minimum Gasteiger partial charge on any atom is -0.379 e. The van der Waals surface area contributed by atoms with Gasteiger partial charge in [-0.3, -0.25) is 9.89 Å². The Hall–Kier alpha value is -1.24. The van der Waals surface area contributed by atoms with E-state index in [-0.39, 0.29) is 5.54 Å². The normalized spacial score (nSPS) is 30.0. The average Bonchev–Trinajstić information content (AvgIpc) is 3.41. The van der Waals surface area contributed by atoms with E-state index in [1.165, 1.54) is 29.9 Å². The summed E-state index contributed by atoms with van der Waals surface area (Å²) in [6.07, 6.45) is 2.46. The molecule has 2 atom stereocenters. The summed E-state index contributed by atoms with van der Waals surface area (Å²) in [7, 11) is 1.92. The van der Waals surface area contributed by atoms with E-state index in [4.69, 9.17) is 4.74 Å². The number of nitrogens with one attached hydrogen (secondary N) is 1. The number of ether oxygens (including phenoxy) is 1. The van der Waals surface area contributed by atoms with Gasteiger partial charge in [0.2, 0.25) is 0 Å². The fraction of sp³-hybridized carbons (Fsp3) is 0.667. The van der Waals surface area contributed by atoms with Crippen molar-refractivity contribution in [2.75, 3.05) is 64.5 Å². The predicted molar refractivity (Wildman–Crippen MR) is 114 cm³/mol. The van der Waals surface area contributed by atoms with Gasteiger partial charge >= 0.3 is 0 Å². The van der Waals surface area contributed by atoms with Crippen LogP contribution in [0, 0.1) is 0 Å². The third-order valence-electron chi connectivity index (χ3n) is 6.31. The molecule has 6 heteroatoms. The molecule has 3 saturated heterocycles. The third-order valence-corrected chi connectivity index (χ3v) is 7.54. The van der Waals surface area contributed by atoms with E-state index in [1.54, 1.807) is 0 Å². The molecule has 0 radical (unpaired) electrons. The van der Waals surface area contributed by atoms with Gasteiger partial charge in [0, 0.05) is 57.0 Å². The molecule has 27 heavy (non-hydrogen) atoms. The Kier molecular flexibility index (Phi) is 6.25. The molecule has 1 aromatic rings. The van der Waals surface area contributed by atoms with Crippen molar-refractivity contribution in [3.63, 3.8) is 0 Å². The molecule has 0 spiro atoms. The topological polar surface area (TPSA) is 40.1 Å². The number of hydrogen-bond donors (Lipinski definition) is 1. The molecular weight excluding hydrogens is 356 g/mol. The first-order chi connectivity index (χ1) is 13.3. The lowest BCUT2D eigenvalue weighted by atomic mass is 9.95. The van der Waals surface area contributed by atoms with Crippen molar-refractivity contribution < 1.29 is 4.74 Å². The van der Waals surface area contributed by atoms with Crippen LogP contribution in [0.5, 0.6) is 0 Å². The molecule has 0 bridgehead atoms. The van der Waals surface area contributed by atoms with Gasteiger partial charge in [0.15, 0.2) is 5.96 Å². The van der Waals surface area contributed by atoms with Gasteiger partial charge in [0.25, 0.3) is 0 Å². The second-order valence-electron chi connectivity index (χ2n) is 7.87. The van der Waals surface area contributed by atoms with Crippen LogP contribution in [0.4, 0.5) is 0 Å². The number of aliphatic imine (C=N–C) groups is 1. The summed E-state index contributed by atoms with van der Waals surface area (Å²) < 4.78 is 5.59. The van der Waals surface area contributed by atoms with Crippen molar-refractivity contribution in [3.05, 3.63) is 35.9 Å². The Morgan fingerprint density at radius 3 is 2.78 bits per heavy atom. The van der Waals surface area contributed by atoms with Gasteiger partial charge < -0.3 is 15.0 Å². The van der Waals surface area contributed by atoms with Gasteiger partial charge in [-0.15, -0.1) is 0 Å². The van der Waals surface area contributed by atoms with Gasteiger partial charge in [0.05, 0.1) is 13.2 Å². The molecule has 3 aliphatic heterocycles. The molecule has 3 aliphatic rings. The maximum Gasteiger partial charge on any atom is 0.193 e. The van der Waals surface area contributed by atoms with Crippen LogP contribution in [0.3, 0.4) is 0 Å². The van der Waals surface area contributed by atoms with Crippen LogP contribution in [0.15, 0.2) is 35.3 Å². The average molecular weight is 389 g/mol. The second-order valence-corrected chi connectivity index (χ2v) is 8.97. The highest BCUT2D eigenvalue weighted by molar-refractivity contribution is 7.99. The van der Waals surface area contributed by atoms with Gasteiger partial charge in [-0.25, -0.2) is 0 Å². The summed E-state index contributed by atoms with van der Waals surface area (Å²) in [4.78, 5) is 9.71. The van der Waals surface area contributed by atoms with Crippen LogP contribution in [0.2, 0.25) is 0 Å². The zero-order chi connectivity index (χ0) is 18.5. The van der Waals surface area contributed by atoms with Crippen molar-refractivity contribution in [2.24, 2.45) is 4.99 Å². The van der Waals surface area contributed by atoms with E-state index in [0.717, 1.165) is 51.9 Å². The minimum absolute atomic E-state index is 0.253. The molecule has 0 aliphatic carbocycles. The van der Waals surface area contributed by atoms with Crippen molar-refractivity contribution >= 4 is 17.7 Å². The van der Waals surface area contributed by atoms with Crippen molar-refractivity contribution in [1.29, 1.82) is 0 Å². The minimum atomic E-state index is 0.253. The number of rotatable bonds is 4. The van der Waals surface area contributed by atoms with Crippen molar-refractivity contribution in [3.8, 4) is 0 Å². The van der Waals surface area contributed by atoms with Crippen LogP contribution in [-0.4, -0.2) is 85.8 Å². The molecule has 4 rings (SSSR count). The van der Waals surface area contributed by atoms with Gasteiger partial charge in [-0.2, -0.15) is 11.8 Å². The summed E-state index contributed by atoms with van der Waals surface area (Å²) in [5.74, 6) is 4.15. The molecular formula is C21H32N4OS. The lowest BCUT2D eigenvalue weighted by Crippen LogP contribution is -2.60. The summed E-state index contributed by atoms with van der Waals surface area (Å²) in [5.41, 5.74) is 1.70. The van der Waals surface area contributed by atoms with Crippen LogP contribution in [0.1, 0.15) is 24.3 Å². The van der Waals surface area contributed by atoms with E-state index in [9.17, 15) is 0 Å². The van der Waals surface area contributed by atoms with Crippen molar-refractivity contribution in [1.82, 2.24) is 15.1 Å². The Labute approximate surface area is 167 Å². The number of nitrogens with zero attached hydrogens (tertiary/aromatic N) is 3. The number of thioether (sulfide) groups is 1. The molecule has 2 unspecified atom stereocenters. The van der Waals surface area contributed by atoms with E-state index in [0.29, 0.717) is 5.92 Å². The van der Waals surface area contributed by atoms with Crippen LogP contribution < -0.4 is 5.32 Å². The lowest BCUT2D eigenvalue weighted by molar-refractivity contribution is -0.0121. The van der Waals surface area contributed by atoms with E-state index in [1.807, 2.05) is 7.05 Å². The summed E-state index contributed by atoms with van der Waals surface area (Å²) in [6, 6.07) is 10.9. The number of likely N-dealkylation sites (tertiary alicyclic amines) is 1. The monoisotopic (exact) mass is 388 g/mol. The predicted octanol–water partition coefficient (Wildman–Crippen LogP) is 2.26. The summed E-state index contributed by atoms with van der Waals surface area (Å²) in [5, 5.41) is 3.74. The molecule has 3 heterocycles. The van der Waals surface area contributed by atoms with E-state index in [2.05, 4.69) is 62.2 Å². The molecule has 0 aromatic heterocycles. The number of morpholine rings is 1. The lowest BCUT2D eigenvalue weighted by Gasteiger charge is -2.43. The first-order valence-corrected chi connectivity index (χ1v) is 11.4. The first kappa shape index (κ1) is 19.1. The van der Waals surface area contributed by atoms with Crippen LogP contribution in [0.25, 0.3) is 0 Å². The van der Waals surface area contributed by atoms with Gasteiger partial charge in [-0.05, 0) is 24.2 Å². The third kappa shape index (κ3) is 4.28. The second kappa shape index (κ2) is 8.84. The number of guanidine groups is 1. The smallest absolute Gasteiger partial charge is 0.193 e. The SMILES string of the molecule is CN=C(NCC1(N2CCOCC2)CCSC1)N1CCC(c2ccccc2)C1. The summed E-state index contributed by atoms with van der Waals surface area (Å²) >= 11 is 2.09. The van der Waals surface area contributed by atoms with E-state index >= 15 is 0 Å². The molecule has 0 amide bonds. The quantitative estimate of drug-likeness (QED) is 0.633. The van der Waals surface area contributed by atoms with E-state index < -0.39 is 0 Å². The highest BCUT2D eigenvalue weighted by atomic mass is 32.2. The standard InChI is InChI=1S/C21H32N4OS/c1-22-20(24-9-7-19(15-24)18-5-3-2-4-6-18)23-16-21(8-14-27-17-21)25-10-12-26-13-11-25/h2-6,19H,7-17H2,1H3,(H,22,23). The fourth-order valence-electron chi connectivity index (χ4n) is 4.66. The van der Waals surface area contributed by atoms with Crippen molar-refractivity contribution in [2.45, 2.75) is 24.3 Å². The molecule has 3 fully saturated rings. The number of hydrogen-bond acceptors (Lipinski definition) is 4. The number of benzene rings is 1. The van der Waals surface area contributed by atoms with Gasteiger partial charge in [0.1, 0.15) is 0 Å². The Balaban J connectivity index is 1.37. The first-order valence-electron chi connectivity index (χ1n) is 10.2. The highest BCUT2D eigenvalue weighted by Crippen LogP contribution is 2.34. The zero-order valence-electron chi connectivity index (χ0n) is 16.4. The largest absolute Gasteiger partial charge is 0.379 e. The molecule has 1 aromatic carbocycles. The Morgan fingerprint density at radius 2 is 2.07 bits per heavy atom. The zero-order valence-corrected chi connectivity index (χ0v) is 17.2. The maximum absolute atomic E-state index is 5.59. The molecule has 1 N–H and O–H groups in total. The molecule has 148 valence electrons. The Morgan fingerprint density at radius 1 is 1.26 bits per heavy atom. The van der Waals surface area contributed by atoms with Crippen LogP contribution in [-0.2, 0) is 4.74 Å². The highest BCUT2D eigenvalue weighted by Gasteiger charge is 2.41.